The number of carboxylic acid groups (broad SMARTS) is 2. The number of carbonyl (C=O) groups is 3. The van der Waals surface area contributed by atoms with Crippen LogP contribution in [0, 0.1) is 0 Å². The third kappa shape index (κ3) is 4.68. The van der Waals surface area contributed by atoms with Crippen molar-refractivity contribution in [1.29, 1.82) is 0 Å². The minimum absolute atomic E-state index is 0.157. The van der Waals surface area contributed by atoms with Gasteiger partial charge in [0.05, 0.1) is 12.7 Å². The van der Waals surface area contributed by atoms with Gasteiger partial charge in [0.25, 0.3) is 5.91 Å². The van der Waals surface area contributed by atoms with Crippen molar-refractivity contribution in [3.05, 3.63) is 23.8 Å². The molecular formula is C13H15NO7. The van der Waals surface area contributed by atoms with Crippen LogP contribution < -0.4 is 10.1 Å². The number of amides is 1. The summed E-state index contributed by atoms with van der Waals surface area (Å²) in [6.07, 6.45) is -0.664. The predicted molar refractivity (Wildman–Crippen MR) is 70.4 cm³/mol. The molecule has 21 heavy (non-hydrogen) atoms. The van der Waals surface area contributed by atoms with Gasteiger partial charge in [-0.15, -0.1) is 0 Å². The average Bonchev–Trinajstić information content (AvgIpc) is 2.43. The SMILES string of the molecule is COc1ccc(O)c(C(=O)NC(CCC(=O)O)C(=O)O)c1. The van der Waals surface area contributed by atoms with Crippen LogP contribution in [-0.4, -0.2) is 46.3 Å². The minimum Gasteiger partial charge on any atom is -0.507 e. The molecule has 114 valence electrons. The van der Waals surface area contributed by atoms with Gasteiger partial charge in [-0.05, 0) is 24.6 Å². The normalized spacial score (nSPS) is 11.5. The van der Waals surface area contributed by atoms with Gasteiger partial charge in [0.2, 0.25) is 0 Å². The van der Waals surface area contributed by atoms with Gasteiger partial charge in [-0.3, -0.25) is 9.59 Å². The van der Waals surface area contributed by atoms with Crippen LogP contribution in [0.5, 0.6) is 11.5 Å². The zero-order chi connectivity index (χ0) is 16.0. The van der Waals surface area contributed by atoms with Crippen LogP contribution in [0.1, 0.15) is 23.2 Å². The first kappa shape index (κ1) is 16.3. The summed E-state index contributed by atoms with van der Waals surface area (Å²) in [6.45, 7) is 0. The second-order valence-corrected chi connectivity index (χ2v) is 4.18. The van der Waals surface area contributed by atoms with Crippen LogP contribution in [-0.2, 0) is 9.59 Å². The van der Waals surface area contributed by atoms with Crippen molar-refractivity contribution in [2.45, 2.75) is 18.9 Å². The van der Waals surface area contributed by atoms with Gasteiger partial charge in [-0.1, -0.05) is 0 Å². The van der Waals surface area contributed by atoms with E-state index in [4.69, 9.17) is 14.9 Å². The Morgan fingerprint density at radius 2 is 1.95 bits per heavy atom. The summed E-state index contributed by atoms with van der Waals surface area (Å²) >= 11 is 0. The molecule has 0 bridgehead atoms. The van der Waals surface area contributed by atoms with E-state index < -0.39 is 30.3 Å². The van der Waals surface area contributed by atoms with Gasteiger partial charge in [0, 0.05) is 6.42 Å². The number of hydrogen-bond donors (Lipinski definition) is 4. The lowest BCUT2D eigenvalue weighted by Crippen LogP contribution is -2.41. The zero-order valence-electron chi connectivity index (χ0n) is 11.2. The summed E-state index contributed by atoms with van der Waals surface area (Å²) in [6, 6.07) is 2.56. The second-order valence-electron chi connectivity index (χ2n) is 4.18. The molecule has 1 atom stereocenters. The van der Waals surface area contributed by atoms with E-state index in [1.54, 1.807) is 0 Å². The van der Waals surface area contributed by atoms with Crippen molar-refractivity contribution >= 4 is 17.8 Å². The molecule has 0 aliphatic carbocycles. The van der Waals surface area contributed by atoms with Crippen LogP contribution in [0.15, 0.2) is 18.2 Å². The summed E-state index contributed by atoms with van der Waals surface area (Å²) in [4.78, 5) is 33.4. The molecule has 0 aliphatic rings. The molecule has 0 spiro atoms. The number of aromatic hydroxyl groups is 1. The number of aliphatic carboxylic acids is 2. The molecule has 1 aromatic rings. The third-order valence-electron chi connectivity index (χ3n) is 2.70. The Labute approximate surface area is 120 Å². The summed E-state index contributed by atoms with van der Waals surface area (Å²) in [7, 11) is 1.38. The Balaban J connectivity index is 2.86. The molecule has 0 radical (unpaired) electrons. The second kappa shape index (κ2) is 7.13. The van der Waals surface area contributed by atoms with E-state index in [-0.39, 0.29) is 17.7 Å². The number of hydrogen-bond acceptors (Lipinski definition) is 5. The van der Waals surface area contributed by atoms with Gasteiger partial charge in [-0.25, -0.2) is 4.79 Å². The van der Waals surface area contributed by atoms with E-state index in [1.165, 1.54) is 25.3 Å². The largest absolute Gasteiger partial charge is 0.507 e. The van der Waals surface area contributed by atoms with Gasteiger partial charge in [0.1, 0.15) is 17.5 Å². The zero-order valence-corrected chi connectivity index (χ0v) is 11.2. The van der Waals surface area contributed by atoms with E-state index in [1.807, 2.05) is 0 Å². The number of ether oxygens (including phenoxy) is 1. The number of phenolic OH excluding ortho intramolecular Hbond substituents is 1. The van der Waals surface area contributed by atoms with Crippen molar-refractivity contribution < 1.29 is 34.4 Å². The van der Waals surface area contributed by atoms with E-state index in [2.05, 4.69) is 5.32 Å². The van der Waals surface area contributed by atoms with Gasteiger partial charge in [0.15, 0.2) is 0 Å². The number of methoxy groups -OCH3 is 1. The van der Waals surface area contributed by atoms with E-state index in [0.29, 0.717) is 5.75 Å². The van der Waals surface area contributed by atoms with Crippen LogP contribution in [0.4, 0.5) is 0 Å². The molecule has 8 heteroatoms. The molecule has 0 saturated heterocycles. The number of nitrogens with one attached hydrogen (secondary N) is 1. The van der Waals surface area contributed by atoms with Crippen molar-refractivity contribution in [2.24, 2.45) is 0 Å². The van der Waals surface area contributed by atoms with Gasteiger partial charge >= 0.3 is 11.9 Å². The van der Waals surface area contributed by atoms with Crippen LogP contribution >= 0.6 is 0 Å². The summed E-state index contributed by atoms with van der Waals surface area (Å²) in [5.41, 5.74) is -0.157. The topological polar surface area (TPSA) is 133 Å². The third-order valence-corrected chi connectivity index (χ3v) is 2.70. The fraction of sp³-hybridized carbons (Fsp3) is 0.308. The molecule has 1 unspecified atom stereocenters. The van der Waals surface area contributed by atoms with E-state index >= 15 is 0 Å². The lowest BCUT2D eigenvalue weighted by atomic mass is 10.1. The lowest BCUT2D eigenvalue weighted by Gasteiger charge is -2.14. The molecule has 0 aromatic heterocycles. The van der Waals surface area contributed by atoms with Gasteiger partial charge in [-0.2, -0.15) is 0 Å². The van der Waals surface area contributed by atoms with Gasteiger partial charge < -0.3 is 25.4 Å². The van der Waals surface area contributed by atoms with Crippen molar-refractivity contribution in [3.8, 4) is 11.5 Å². The predicted octanol–water partition coefficient (Wildman–Crippen LogP) is 0.449. The Morgan fingerprint density at radius 3 is 2.48 bits per heavy atom. The molecule has 0 saturated carbocycles. The van der Waals surface area contributed by atoms with Crippen molar-refractivity contribution in [1.82, 2.24) is 5.32 Å². The quantitative estimate of drug-likeness (QED) is 0.574. The van der Waals surface area contributed by atoms with Crippen molar-refractivity contribution in [3.63, 3.8) is 0 Å². The summed E-state index contributed by atoms with van der Waals surface area (Å²) in [5, 5.41) is 29.3. The number of benzene rings is 1. The smallest absolute Gasteiger partial charge is 0.326 e. The number of phenols is 1. The number of carbonyl (C=O) groups excluding carboxylic acids is 1. The molecule has 0 aliphatic heterocycles. The Bertz CT molecular complexity index is 555. The van der Waals surface area contributed by atoms with Crippen LogP contribution in [0.2, 0.25) is 0 Å². The molecule has 1 aromatic carbocycles. The summed E-state index contributed by atoms with van der Waals surface area (Å²) < 4.78 is 4.91. The highest BCUT2D eigenvalue weighted by Gasteiger charge is 2.23. The Hall–Kier alpha value is -2.77. The highest BCUT2D eigenvalue weighted by molar-refractivity contribution is 5.99. The maximum absolute atomic E-state index is 12.0. The minimum atomic E-state index is -1.36. The number of carboxylic acids is 2. The molecule has 8 nitrogen and oxygen atoms in total. The molecule has 0 heterocycles. The number of rotatable bonds is 7. The Kier molecular flexibility index (Phi) is 5.53. The Morgan fingerprint density at radius 1 is 1.29 bits per heavy atom. The molecule has 1 rings (SSSR count). The lowest BCUT2D eigenvalue weighted by molar-refractivity contribution is -0.140. The average molecular weight is 297 g/mol. The molecule has 0 fully saturated rings. The van der Waals surface area contributed by atoms with Crippen LogP contribution in [0.25, 0.3) is 0 Å². The first-order chi connectivity index (χ1) is 9.85. The summed E-state index contributed by atoms with van der Waals surface area (Å²) in [5.74, 6) is -3.37. The highest BCUT2D eigenvalue weighted by Crippen LogP contribution is 2.22. The molecule has 1 amide bonds. The maximum Gasteiger partial charge on any atom is 0.326 e. The van der Waals surface area contributed by atoms with Crippen LogP contribution in [0.3, 0.4) is 0 Å². The highest BCUT2D eigenvalue weighted by atomic mass is 16.5. The first-order valence-corrected chi connectivity index (χ1v) is 5.97. The first-order valence-electron chi connectivity index (χ1n) is 5.97. The van der Waals surface area contributed by atoms with Crippen molar-refractivity contribution in [2.75, 3.05) is 7.11 Å². The fourth-order valence-electron chi connectivity index (χ4n) is 1.59. The monoisotopic (exact) mass is 297 g/mol. The fourth-order valence-corrected chi connectivity index (χ4v) is 1.59. The standard InChI is InChI=1S/C13H15NO7/c1-21-7-2-4-10(15)8(6-7)12(18)14-9(13(19)20)3-5-11(16)17/h2,4,6,9,15H,3,5H2,1H3,(H,14,18)(H,16,17)(H,19,20). The van der Waals surface area contributed by atoms with E-state index in [0.717, 1.165) is 0 Å². The molecular weight excluding hydrogens is 282 g/mol. The molecule has 4 N–H and O–H groups in total. The maximum atomic E-state index is 12.0. The van der Waals surface area contributed by atoms with E-state index in [9.17, 15) is 19.5 Å².